The van der Waals surface area contributed by atoms with Gasteiger partial charge in [0.2, 0.25) is 5.89 Å². The van der Waals surface area contributed by atoms with E-state index >= 15 is 0 Å². The maximum Gasteiger partial charge on any atom is 0.226 e. The highest BCUT2D eigenvalue weighted by atomic mass is 16.5. The van der Waals surface area contributed by atoms with Crippen LogP contribution in [0.25, 0.3) is 0 Å². The molecule has 1 heterocycles. The maximum absolute atomic E-state index is 6.01. The summed E-state index contributed by atoms with van der Waals surface area (Å²) in [7, 11) is 0. The van der Waals surface area contributed by atoms with Crippen LogP contribution >= 0.6 is 0 Å². The largest absolute Gasteiger partial charge is 0.339 e. The second kappa shape index (κ2) is 7.02. The highest BCUT2D eigenvalue weighted by Crippen LogP contribution is 2.48. The summed E-state index contributed by atoms with van der Waals surface area (Å²) >= 11 is 0. The van der Waals surface area contributed by atoms with E-state index in [1.165, 1.54) is 37.7 Å². The molecular formula is C22H30N4O. The van der Waals surface area contributed by atoms with Crippen LogP contribution in [0.15, 0.2) is 34.9 Å². The molecule has 3 N–H and O–H groups in total. The van der Waals surface area contributed by atoms with Crippen molar-refractivity contribution in [3.63, 3.8) is 0 Å². The van der Waals surface area contributed by atoms with Gasteiger partial charge in [-0.15, -0.1) is 0 Å². The van der Waals surface area contributed by atoms with E-state index in [-0.39, 0.29) is 5.41 Å². The van der Waals surface area contributed by atoms with Gasteiger partial charge < -0.3 is 15.6 Å². The molecule has 3 aliphatic carbocycles. The molecule has 27 heavy (non-hydrogen) atoms. The Morgan fingerprint density at radius 1 is 1.11 bits per heavy atom. The van der Waals surface area contributed by atoms with Crippen LogP contribution in [0.2, 0.25) is 0 Å². The Morgan fingerprint density at radius 3 is 2.63 bits per heavy atom. The second-order valence-corrected chi connectivity index (χ2v) is 9.02. The van der Waals surface area contributed by atoms with Gasteiger partial charge in [0.25, 0.3) is 0 Å². The Morgan fingerprint density at radius 2 is 1.89 bits per heavy atom. The molecule has 144 valence electrons. The number of hydrogen-bond acceptors (Lipinski definition) is 5. The van der Waals surface area contributed by atoms with Crippen molar-refractivity contribution in [3.8, 4) is 0 Å². The Balaban J connectivity index is 1.14. The van der Waals surface area contributed by atoms with Crippen LogP contribution in [-0.2, 0) is 11.8 Å². The lowest BCUT2D eigenvalue weighted by atomic mass is 9.84. The predicted octanol–water partition coefficient (Wildman–Crippen LogP) is 3.31. The molecule has 0 saturated heterocycles. The molecular weight excluding hydrogens is 336 g/mol. The van der Waals surface area contributed by atoms with E-state index < -0.39 is 0 Å². The Hall–Kier alpha value is -1.72. The summed E-state index contributed by atoms with van der Waals surface area (Å²) in [6.07, 6.45) is 9.12. The summed E-state index contributed by atoms with van der Waals surface area (Å²) in [5.41, 5.74) is 7.58. The quantitative estimate of drug-likeness (QED) is 0.786. The summed E-state index contributed by atoms with van der Waals surface area (Å²) in [5.74, 6) is 3.07. The maximum atomic E-state index is 6.01. The van der Waals surface area contributed by atoms with E-state index in [0.29, 0.717) is 23.9 Å². The van der Waals surface area contributed by atoms with Gasteiger partial charge in [0.05, 0.1) is 0 Å². The molecule has 0 bridgehead atoms. The van der Waals surface area contributed by atoms with Crippen molar-refractivity contribution < 1.29 is 4.52 Å². The van der Waals surface area contributed by atoms with Crippen molar-refractivity contribution in [2.75, 3.05) is 6.54 Å². The Bertz CT molecular complexity index is 762. The summed E-state index contributed by atoms with van der Waals surface area (Å²) in [5, 5.41) is 8.12. The lowest BCUT2D eigenvalue weighted by Gasteiger charge is -2.24. The lowest BCUT2D eigenvalue weighted by molar-refractivity contribution is 0.287. The average Bonchev–Trinajstić information content (AvgIpc) is 3.61. The average molecular weight is 367 g/mol. The predicted molar refractivity (Wildman–Crippen MR) is 104 cm³/mol. The van der Waals surface area contributed by atoms with Crippen molar-refractivity contribution in [3.05, 3.63) is 47.6 Å². The first-order chi connectivity index (χ1) is 13.2. The Kier molecular flexibility index (Phi) is 4.52. The molecule has 0 spiro atoms. The van der Waals surface area contributed by atoms with Crippen LogP contribution in [0.4, 0.5) is 0 Å². The number of nitrogens with one attached hydrogen (secondary N) is 1. The van der Waals surface area contributed by atoms with Crippen LogP contribution in [0.3, 0.4) is 0 Å². The summed E-state index contributed by atoms with van der Waals surface area (Å²) < 4.78 is 5.61. The van der Waals surface area contributed by atoms with Gasteiger partial charge in [0, 0.05) is 36.4 Å². The van der Waals surface area contributed by atoms with Gasteiger partial charge in [0.15, 0.2) is 5.82 Å². The molecule has 3 aliphatic rings. The highest BCUT2D eigenvalue weighted by Gasteiger charge is 2.50. The normalized spacial score (nSPS) is 31.6. The first-order valence-corrected chi connectivity index (χ1v) is 10.6. The van der Waals surface area contributed by atoms with E-state index in [4.69, 9.17) is 15.2 Å². The minimum atomic E-state index is 0.112. The molecule has 2 aromatic rings. The van der Waals surface area contributed by atoms with E-state index in [9.17, 15) is 0 Å². The smallest absolute Gasteiger partial charge is 0.226 e. The van der Waals surface area contributed by atoms with Crippen molar-refractivity contribution >= 4 is 0 Å². The van der Waals surface area contributed by atoms with Crippen LogP contribution < -0.4 is 11.1 Å². The number of rotatable bonds is 7. The molecule has 0 radical (unpaired) electrons. The highest BCUT2D eigenvalue weighted by molar-refractivity contribution is 5.28. The minimum Gasteiger partial charge on any atom is -0.339 e. The van der Waals surface area contributed by atoms with E-state index in [1.807, 2.05) is 0 Å². The lowest BCUT2D eigenvalue weighted by Crippen LogP contribution is -2.30. The third-order valence-corrected chi connectivity index (χ3v) is 6.87. The fourth-order valence-electron chi connectivity index (χ4n) is 4.64. The number of benzene rings is 1. The van der Waals surface area contributed by atoms with E-state index in [1.54, 1.807) is 0 Å². The molecule has 5 rings (SSSR count). The molecule has 5 nitrogen and oxygen atoms in total. The molecule has 1 unspecified atom stereocenters. The van der Waals surface area contributed by atoms with Crippen molar-refractivity contribution in [1.29, 1.82) is 0 Å². The summed E-state index contributed by atoms with van der Waals surface area (Å²) in [6.45, 7) is 0.970. The molecule has 1 aromatic carbocycles. The molecule has 2 atom stereocenters. The van der Waals surface area contributed by atoms with Gasteiger partial charge in [0.1, 0.15) is 0 Å². The first kappa shape index (κ1) is 17.4. The van der Waals surface area contributed by atoms with Gasteiger partial charge in [-0.3, -0.25) is 0 Å². The molecule has 5 heteroatoms. The van der Waals surface area contributed by atoms with Gasteiger partial charge in [-0.2, -0.15) is 4.98 Å². The zero-order valence-electron chi connectivity index (χ0n) is 15.9. The first-order valence-electron chi connectivity index (χ1n) is 10.6. The van der Waals surface area contributed by atoms with Gasteiger partial charge >= 0.3 is 0 Å². The topological polar surface area (TPSA) is 77.0 Å². The van der Waals surface area contributed by atoms with Crippen molar-refractivity contribution in [2.24, 2.45) is 11.7 Å². The van der Waals surface area contributed by atoms with Crippen LogP contribution in [0.5, 0.6) is 0 Å². The van der Waals surface area contributed by atoms with Crippen LogP contribution in [-0.4, -0.2) is 28.8 Å². The van der Waals surface area contributed by atoms with Gasteiger partial charge in [-0.25, -0.2) is 0 Å². The monoisotopic (exact) mass is 366 g/mol. The molecule has 0 amide bonds. The Labute approximate surface area is 161 Å². The van der Waals surface area contributed by atoms with Crippen molar-refractivity contribution in [1.82, 2.24) is 15.5 Å². The number of nitrogens with two attached hydrogens (primary N) is 1. The molecule has 3 saturated carbocycles. The zero-order chi connectivity index (χ0) is 18.3. The summed E-state index contributed by atoms with van der Waals surface area (Å²) in [4.78, 5) is 4.78. The minimum absolute atomic E-state index is 0.112. The third kappa shape index (κ3) is 3.81. The van der Waals surface area contributed by atoms with Crippen molar-refractivity contribution in [2.45, 2.75) is 74.8 Å². The molecule has 1 aromatic heterocycles. The van der Waals surface area contributed by atoms with E-state index in [0.717, 1.165) is 37.5 Å². The SMILES string of the molecule is NC1CCC(Cc2nc(C3(CNC4C[C@@H]4c4ccccc4)CC3)no2)CC1. The number of nitrogens with zero attached hydrogens (tertiary/aromatic N) is 2. The standard InChI is InChI=1S/C22H30N4O/c23-17-8-6-15(7-9-17)12-20-25-21(26-27-20)22(10-11-22)14-24-19-13-18(19)16-4-2-1-3-5-16/h1-5,15,17-19,24H,6-14,23H2/t15?,17?,18-,19?/m1/s1. The molecule has 0 aliphatic heterocycles. The number of aromatic nitrogens is 2. The third-order valence-electron chi connectivity index (χ3n) is 6.87. The zero-order valence-corrected chi connectivity index (χ0v) is 15.9. The molecule has 3 fully saturated rings. The summed E-state index contributed by atoms with van der Waals surface area (Å²) in [6, 6.07) is 11.8. The fourth-order valence-corrected chi connectivity index (χ4v) is 4.64. The van der Waals surface area contributed by atoms with Gasteiger partial charge in [-0.1, -0.05) is 35.5 Å². The van der Waals surface area contributed by atoms with E-state index in [2.05, 4.69) is 40.8 Å². The second-order valence-electron chi connectivity index (χ2n) is 9.02. The van der Waals surface area contributed by atoms with Gasteiger partial charge in [-0.05, 0) is 56.4 Å². The van der Waals surface area contributed by atoms with Crippen LogP contribution in [0.1, 0.15) is 68.1 Å². The number of hydrogen-bond donors (Lipinski definition) is 2. The van der Waals surface area contributed by atoms with Crippen LogP contribution in [0, 0.1) is 5.92 Å². The fraction of sp³-hybridized carbons (Fsp3) is 0.636.